The van der Waals surface area contributed by atoms with Gasteiger partial charge in [0.15, 0.2) is 0 Å². The Balaban J connectivity index is 2.08. The average Bonchev–Trinajstić information content (AvgIpc) is 1.91. The maximum Gasteiger partial charge on any atom is 0.0572 e. The van der Waals surface area contributed by atoms with Crippen molar-refractivity contribution in [1.29, 1.82) is 0 Å². The molecule has 1 saturated heterocycles. The predicted octanol–water partition coefficient (Wildman–Crippen LogP) is 1.03. The number of hydrogen-bond acceptors (Lipinski definition) is 3. The smallest absolute Gasteiger partial charge is 0.0572 e. The number of nitrogens with one attached hydrogen (secondary N) is 1. The zero-order valence-electron chi connectivity index (χ0n) is 5.72. The second kappa shape index (κ2) is 4.14. The van der Waals surface area contributed by atoms with Gasteiger partial charge in [-0.15, -0.1) is 0 Å². The van der Waals surface area contributed by atoms with E-state index in [0.29, 0.717) is 6.04 Å². The zero-order valence-corrected chi connectivity index (χ0v) is 6.54. The lowest BCUT2D eigenvalue weighted by Crippen LogP contribution is -2.31. The van der Waals surface area contributed by atoms with E-state index in [0.717, 1.165) is 0 Å². The molecule has 54 valence electrons. The molecule has 1 N–H and O–H groups in total. The van der Waals surface area contributed by atoms with Crippen molar-refractivity contribution in [2.45, 2.75) is 18.9 Å². The fourth-order valence-corrected chi connectivity index (χ4v) is 2.09. The molecular weight excluding hydrogens is 134 g/mol. The highest BCUT2D eigenvalue weighted by Crippen LogP contribution is 2.16. The molecule has 0 aromatic rings. The molecule has 2 nitrogen and oxygen atoms in total. The molecule has 0 aromatic heterocycles. The lowest BCUT2D eigenvalue weighted by Gasteiger charge is -2.20. The van der Waals surface area contributed by atoms with Crippen molar-refractivity contribution < 1.29 is 4.84 Å². The fourth-order valence-electron chi connectivity index (χ4n) is 0.982. The molecular formula is C6H13NOS. The van der Waals surface area contributed by atoms with Crippen LogP contribution in [0.5, 0.6) is 0 Å². The van der Waals surface area contributed by atoms with Gasteiger partial charge in [-0.1, -0.05) is 0 Å². The van der Waals surface area contributed by atoms with Crippen molar-refractivity contribution in [3.8, 4) is 0 Å². The van der Waals surface area contributed by atoms with Gasteiger partial charge in [0, 0.05) is 6.04 Å². The Bertz CT molecular complexity index is 70.7. The predicted molar refractivity (Wildman–Crippen MR) is 40.5 cm³/mol. The Morgan fingerprint density at radius 3 is 2.67 bits per heavy atom. The van der Waals surface area contributed by atoms with E-state index in [9.17, 15) is 0 Å². The summed E-state index contributed by atoms with van der Waals surface area (Å²) < 4.78 is 0. The highest BCUT2D eigenvalue weighted by atomic mass is 32.2. The van der Waals surface area contributed by atoms with Gasteiger partial charge in [-0.2, -0.15) is 17.2 Å². The fraction of sp³-hybridized carbons (Fsp3) is 1.00. The summed E-state index contributed by atoms with van der Waals surface area (Å²) in [4.78, 5) is 4.82. The Kier molecular flexibility index (Phi) is 3.40. The maximum absolute atomic E-state index is 4.82. The van der Waals surface area contributed by atoms with Crippen LogP contribution in [0.3, 0.4) is 0 Å². The summed E-state index contributed by atoms with van der Waals surface area (Å²) in [5.74, 6) is 2.56. The highest BCUT2D eigenvalue weighted by Gasteiger charge is 2.11. The van der Waals surface area contributed by atoms with Gasteiger partial charge in [-0.3, -0.25) is 0 Å². The third-order valence-corrected chi connectivity index (χ3v) is 2.55. The minimum Gasteiger partial charge on any atom is -0.305 e. The van der Waals surface area contributed by atoms with Crippen LogP contribution < -0.4 is 5.48 Å². The second-order valence-electron chi connectivity index (χ2n) is 2.21. The molecule has 0 aliphatic carbocycles. The standard InChI is InChI=1S/C6H13NOS/c1-8-7-6-2-4-9-5-3-6/h6-7H,2-5H2,1H3. The van der Waals surface area contributed by atoms with E-state index in [2.05, 4.69) is 5.48 Å². The molecule has 1 fully saturated rings. The first-order valence-corrected chi connectivity index (χ1v) is 4.45. The monoisotopic (exact) mass is 147 g/mol. The first-order chi connectivity index (χ1) is 4.43. The van der Waals surface area contributed by atoms with Crippen molar-refractivity contribution in [2.75, 3.05) is 18.6 Å². The van der Waals surface area contributed by atoms with Crippen LogP contribution in [0.15, 0.2) is 0 Å². The second-order valence-corrected chi connectivity index (χ2v) is 3.43. The Labute approximate surface area is 60.3 Å². The third-order valence-electron chi connectivity index (χ3n) is 1.51. The van der Waals surface area contributed by atoms with Crippen LogP contribution in [0.2, 0.25) is 0 Å². The number of hydroxylamine groups is 1. The third kappa shape index (κ3) is 2.56. The molecule has 1 aliphatic heterocycles. The molecule has 0 radical (unpaired) electrons. The molecule has 1 aliphatic rings. The summed E-state index contributed by atoms with van der Waals surface area (Å²) in [6, 6.07) is 0.608. The van der Waals surface area contributed by atoms with Crippen LogP contribution in [-0.2, 0) is 4.84 Å². The number of rotatable bonds is 2. The molecule has 1 rings (SSSR count). The first kappa shape index (κ1) is 7.38. The van der Waals surface area contributed by atoms with Crippen LogP contribution in [0.25, 0.3) is 0 Å². The summed E-state index contributed by atoms with van der Waals surface area (Å²) in [7, 11) is 1.68. The van der Waals surface area contributed by atoms with Crippen molar-refractivity contribution in [3.63, 3.8) is 0 Å². The van der Waals surface area contributed by atoms with Gasteiger partial charge in [0.05, 0.1) is 7.11 Å². The lowest BCUT2D eigenvalue weighted by atomic mass is 10.2. The van der Waals surface area contributed by atoms with Crippen molar-refractivity contribution in [3.05, 3.63) is 0 Å². The molecule has 9 heavy (non-hydrogen) atoms. The minimum absolute atomic E-state index is 0.608. The normalized spacial score (nSPS) is 22.3. The summed E-state index contributed by atoms with van der Waals surface area (Å²) in [6.45, 7) is 0. The van der Waals surface area contributed by atoms with Crippen LogP contribution in [-0.4, -0.2) is 24.7 Å². The summed E-state index contributed by atoms with van der Waals surface area (Å²) in [6.07, 6.45) is 2.50. The molecule has 0 bridgehead atoms. The molecule has 0 saturated carbocycles. The van der Waals surface area contributed by atoms with Crippen molar-refractivity contribution in [2.24, 2.45) is 0 Å². The van der Waals surface area contributed by atoms with Gasteiger partial charge in [-0.05, 0) is 24.3 Å². The molecule has 0 aromatic carbocycles. The quantitative estimate of drug-likeness (QED) is 0.589. The first-order valence-electron chi connectivity index (χ1n) is 3.29. The Morgan fingerprint density at radius 1 is 1.44 bits per heavy atom. The summed E-state index contributed by atoms with van der Waals surface area (Å²) >= 11 is 2.03. The van der Waals surface area contributed by atoms with Gasteiger partial charge in [-0.25, -0.2) is 0 Å². The van der Waals surface area contributed by atoms with E-state index >= 15 is 0 Å². The Morgan fingerprint density at radius 2 is 2.11 bits per heavy atom. The van der Waals surface area contributed by atoms with Gasteiger partial charge >= 0.3 is 0 Å². The van der Waals surface area contributed by atoms with Crippen LogP contribution in [0.4, 0.5) is 0 Å². The van der Waals surface area contributed by atoms with Gasteiger partial charge in [0.25, 0.3) is 0 Å². The van der Waals surface area contributed by atoms with E-state index < -0.39 is 0 Å². The summed E-state index contributed by atoms with van der Waals surface area (Å²) in [5, 5.41) is 0. The highest BCUT2D eigenvalue weighted by molar-refractivity contribution is 7.99. The Hall–Kier alpha value is 0.270. The zero-order chi connectivity index (χ0) is 6.53. The average molecular weight is 147 g/mol. The van der Waals surface area contributed by atoms with Crippen molar-refractivity contribution >= 4 is 11.8 Å². The van der Waals surface area contributed by atoms with Crippen LogP contribution in [0.1, 0.15) is 12.8 Å². The molecule has 0 atom stereocenters. The van der Waals surface area contributed by atoms with E-state index in [-0.39, 0.29) is 0 Å². The molecule has 0 unspecified atom stereocenters. The van der Waals surface area contributed by atoms with Crippen LogP contribution in [0, 0.1) is 0 Å². The molecule has 3 heteroatoms. The van der Waals surface area contributed by atoms with E-state index in [4.69, 9.17) is 4.84 Å². The largest absolute Gasteiger partial charge is 0.305 e. The van der Waals surface area contributed by atoms with E-state index in [1.807, 2.05) is 11.8 Å². The van der Waals surface area contributed by atoms with Gasteiger partial charge in [0.1, 0.15) is 0 Å². The van der Waals surface area contributed by atoms with Crippen LogP contribution >= 0.6 is 11.8 Å². The summed E-state index contributed by atoms with van der Waals surface area (Å²) in [5.41, 5.74) is 2.97. The molecule has 1 heterocycles. The topological polar surface area (TPSA) is 21.3 Å². The maximum atomic E-state index is 4.82. The van der Waals surface area contributed by atoms with Gasteiger partial charge < -0.3 is 4.84 Å². The van der Waals surface area contributed by atoms with Crippen molar-refractivity contribution in [1.82, 2.24) is 5.48 Å². The van der Waals surface area contributed by atoms with E-state index in [1.165, 1.54) is 24.3 Å². The molecule has 0 amide bonds. The SMILES string of the molecule is CONC1CCSCC1. The van der Waals surface area contributed by atoms with Gasteiger partial charge in [0.2, 0.25) is 0 Å². The number of thioether (sulfide) groups is 1. The molecule has 0 spiro atoms. The van der Waals surface area contributed by atoms with E-state index in [1.54, 1.807) is 7.11 Å². The minimum atomic E-state index is 0.608. The lowest BCUT2D eigenvalue weighted by molar-refractivity contribution is 0.0583. The number of hydrogen-bond donors (Lipinski definition) is 1.